The number of rotatable bonds is 5. The average Bonchev–Trinajstić information content (AvgIpc) is 2.45. The predicted octanol–water partition coefficient (Wildman–Crippen LogP) is 4.20. The van der Waals surface area contributed by atoms with Crippen LogP contribution in [0.5, 0.6) is 0 Å². The highest BCUT2D eigenvalue weighted by molar-refractivity contribution is 6.30. The van der Waals surface area contributed by atoms with Crippen molar-refractivity contribution in [2.24, 2.45) is 0 Å². The van der Waals surface area contributed by atoms with Gasteiger partial charge in [-0.3, -0.25) is 0 Å². The summed E-state index contributed by atoms with van der Waals surface area (Å²) in [7, 11) is 2.06. The molecule has 1 N–H and O–H groups in total. The highest BCUT2D eigenvalue weighted by Gasteiger charge is 2.27. The van der Waals surface area contributed by atoms with Crippen LogP contribution in [0.1, 0.15) is 29.0 Å². The van der Waals surface area contributed by atoms with Gasteiger partial charge in [0.2, 0.25) is 0 Å². The van der Waals surface area contributed by atoms with Crippen molar-refractivity contribution in [1.82, 2.24) is 5.32 Å². The minimum Gasteiger partial charge on any atom is -0.317 e. The monoisotopic (exact) mass is 285 g/mol. The third-order valence-electron chi connectivity index (χ3n) is 4.33. The molecule has 2 unspecified atom stereocenters. The fourth-order valence-electron chi connectivity index (χ4n) is 3.12. The molecule has 1 aliphatic rings. The molecule has 0 spiro atoms. The van der Waals surface area contributed by atoms with Crippen molar-refractivity contribution in [3.05, 3.63) is 70.2 Å². The second kappa shape index (κ2) is 5.99. The second-order valence-corrected chi connectivity index (χ2v) is 6.09. The van der Waals surface area contributed by atoms with Crippen LogP contribution < -0.4 is 5.32 Å². The first-order chi connectivity index (χ1) is 9.76. The molecular formula is C18H20ClN. The number of halogens is 1. The van der Waals surface area contributed by atoms with Gasteiger partial charge in [0.05, 0.1) is 0 Å². The number of likely N-dealkylation sites (N-methyl/N-ethyl adjacent to an activating group) is 1. The summed E-state index contributed by atoms with van der Waals surface area (Å²) in [5.41, 5.74) is 4.42. The lowest BCUT2D eigenvalue weighted by atomic mass is 9.74. The Morgan fingerprint density at radius 1 is 1.15 bits per heavy atom. The SMILES string of the molecule is CNC(Cc1ccc(Cl)cc1)CC1Cc2ccccc21. The smallest absolute Gasteiger partial charge is 0.0406 e. The van der Waals surface area contributed by atoms with Crippen molar-refractivity contribution in [1.29, 1.82) is 0 Å². The fraction of sp³-hybridized carbons (Fsp3) is 0.333. The molecule has 104 valence electrons. The maximum Gasteiger partial charge on any atom is 0.0406 e. The zero-order chi connectivity index (χ0) is 13.9. The number of hydrogen-bond donors (Lipinski definition) is 1. The topological polar surface area (TPSA) is 12.0 Å². The maximum absolute atomic E-state index is 5.94. The Kier molecular flexibility index (Phi) is 4.09. The molecule has 1 nitrogen and oxygen atoms in total. The van der Waals surface area contributed by atoms with Gasteiger partial charge >= 0.3 is 0 Å². The van der Waals surface area contributed by atoms with Crippen LogP contribution in [0.4, 0.5) is 0 Å². The predicted molar refractivity (Wildman–Crippen MR) is 85.5 cm³/mol. The standard InChI is InChI=1S/C18H20ClN/c1-20-17(10-13-6-8-16(19)9-7-13)12-15-11-14-4-2-3-5-18(14)15/h2-9,15,17,20H,10-12H2,1H3. The van der Waals surface area contributed by atoms with E-state index >= 15 is 0 Å². The minimum absolute atomic E-state index is 0.523. The van der Waals surface area contributed by atoms with Gasteiger partial charge < -0.3 is 5.32 Å². The van der Waals surface area contributed by atoms with Gasteiger partial charge in [-0.15, -0.1) is 0 Å². The molecule has 1 aliphatic carbocycles. The van der Waals surface area contributed by atoms with Gasteiger partial charge in [-0.05, 0) is 61.1 Å². The van der Waals surface area contributed by atoms with E-state index in [1.165, 1.54) is 24.0 Å². The normalized spacial score (nSPS) is 18.2. The average molecular weight is 286 g/mol. The number of nitrogens with one attached hydrogen (secondary N) is 1. The molecular weight excluding hydrogens is 266 g/mol. The van der Waals surface area contributed by atoms with Gasteiger partial charge in [0.25, 0.3) is 0 Å². The molecule has 0 amide bonds. The molecule has 0 aromatic heterocycles. The first kappa shape index (κ1) is 13.7. The molecule has 20 heavy (non-hydrogen) atoms. The van der Waals surface area contributed by atoms with E-state index in [9.17, 15) is 0 Å². The molecule has 0 fully saturated rings. The lowest BCUT2D eigenvalue weighted by molar-refractivity contribution is 0.438. The summed E-state index contributed by atoms with van der Waals surface area (Å²) >= 11 is 5.94. The minimum atomic E-state index is 0.523. The van der Waals surface area contributed by atoms with Gasteiger partial charge in [0, 0.05) is 11.1 Å². The summed E-state index contributed by atoms with van der Waals surface area (Å²) in [6, 6.07) is 17.5. The van der Waals surface area contributed by atoms with Crippen LogP contribution in [0.3, 0.4) is 0 Å². The second-order valence-electron chi connectivity index (χ2n) is 5.65. The summed E-state index contributed by atoms with van der Waals surface area (Å²) in [6.45, 7) is 0. The third-order valence-corrected chi connectivity index (χ3v) is 4.59. The Morgan fingerprint density at radius 2 is 1.90 bits per heavy atom. The van der Waals surface area contributed by atoms with Crippen LogP contribution in [0.25, 0.3) is 0 Å². The van der Waals surface area contributed by atoms with E-state index in [1.54, 1.807) is 5.56 Å². The highest BCUT2D eigenvalue weighted by Crippen LogP contribution is 2.38. The highest BCUT2D eigenvalue weighted by atomic mass is 35.5. The summed E-state index contributed by atoms with van der Waals surface area (Å²) in [6.07, 6.45) is 3.50. The molecule has 2 atom stereocenters. The van der Waals surface area contributed by atoms with Crippen LogP contribution in [0, 0.1) is 0 Å². The first-order valence-corrected chi connectivity index (χ1v) is 7.63. The molecule has 0 bridgehead atoms. The zero-order valence-corrected chi connectivity index (χ0v) is 12.5. The summed E-state index contributed by atoms with van der Waals surface area (Å²) in [5, 5.41) is 4.27. The van der Waals surface area contributed by atoms with Crippen molar-refractivity contribution >= 4 is 11.6 Å². The molecule has 0 radical (unpaired) electrons. The van der Waals surface area contributed by atoms with E-state index in [0.29, 0.717) is 6.04 Å². The van der Waals surface area contributed by atoms with E-state index in [4.69, 9.17) is 11.6 Å². The van der Waals surface area contributed by atoms with Gasteiger partial charge in [-0.2, -0.15) is 0 Å². The van der Waals surface area contributed by atoms with Gasteiger partial charge in [-0.25, -0.2) is 0 Å². The third kappa shape index (κ3) is 2.89. The van der Waals surface area contributed by atoms with Crippen molar-refractivity contribution in [2.45, 2.75) is 31.2 Å². The molecule has 2 heteroatoms. The first-order valence-electron chi connectivity index (χ1n) is 7.26. The Morgan fingerprint density at radius 3 is 2.60 bits per heavy atom. The zero-order valence-electron chi connectivity index (χ0n) is 11.8. The molecule has 0 saturated heterocycles. The molecule has 2 aromatic carbocycles. The summed E-state index contributed by atoms with van der Waals surface area (Å²) in [5.74, 6) is 0.718. The molecule has 0 aliphatic heterocycles. The van der Waals surface area contributed by atoms with E-state index in [-0.39, 0.29) is 0 Å². The van der Waals surface area contributed by atoms with Crippen molar-refractivity contribution in [3.8, 4) is 0 Å². The summed E-state index contributed by atoms with van der Waals surface area (Å²) < 4.78 is 0. The Bertz CT molecular complexity index is 576. The van der Waals surface area contributed by atoms with E-state index < -0.39 is 0 Å². The van der Waals surface area contributed by atoms with Crippen molar-refractivity contribution in [3.63, 3.8) is 0 Å². The molecule has 0 heterocycles. The Hall–Kier alpha value is -1.31. The maximum atomic E-state index is 5.94. The quantitative estimate of drug-likeness (QED) is 0.868. The largest absolute Gasteiger partial charge is 0.317 e. The lowest BCUT2D eigenvalue weighted by Crippen LogP contribution is -2.32. The van der Waals surface area contributed by atoms with Crippen LogP contribution in [0.2, 0.25) is 5.02 Å². The summed E-state index contributed by atoms with van der Waals surface area (Å²) in [4.78, 5) is 0. The van der Waals surface area contributed by atoms with Gasteiger partial charge in [0.1, 0.15) is 0 Å². The van der Waals surface area contributed by atoms with Gasteiger partial charge in [0.15, 0.2) is 0 Å². The van der Waals surface area contributed by atoms with Crippen LogP contribution in [0.15, 0.2) is 48.5 Å². The molecule has 3 rings (SSSR count). The van der Waals surface area contributed by atoms with Crippen LogP contribution >= 0.6 is 11.6 Å². The van der Waals surface area contributed by atoms with Crippen LogP contribution in [-0.4, -0.2) is 13.1 Å². The van der Waals surface area contributed by atoms with E-state index in [1.807, 2.05) is 12.1 Å². The lowest BCUT2D eigenvalue weighted by Gasteiger charge is -2.33. The van der Waals surface area contributed by atoms with Crippen molar-refractivity contribution < 1.29 is 0 Å². The Labute approximate surface area is 126 Å². The Balaban J connectivity index is 1.62. The van der Waals surface area contributed by atoms with Gasteiger partial charge in [-0.1, -0.05) is 48.0 Å². The van der Waals surface area contributed by atoms with Crippen LogP contribution in [-0.2, 0) is 12.8 Å². The van der Waals surface area contributed by atoms with E-state index in [0.717, 1.165) is 17.4 Å². The number of benzene rings is 2. The molecule has 2 aromatic rings. The van der Waals surface area contributed by atoms with E-state index in [2.05, 4.69) is 48.8 Å². The molecule has 0 saturated carbocycles. The van der Waals surface area contributed by atoms with Crippen molar-refractivity contribution in [2.75, 3.05) is 7.05 Å². The number of fused-ring (bicyclic) bond motifs is 1. The number of hydrogen-bond acceptors (Lipinski definition) is 1. The fourth-order valence-corrected chi connectivity index (χ4v) is 3.25.